The van der Waals surface area contributed by atoms with Crippen LogP contribution in [0.3, 0.4) is 0 Å². The first-order valence-corrected chi connectivity index (χ1v) is 13.7. The van der Waals surface area contributed by atoms with E-state index in [4.69, 9.17) is 9.47 Å². The zero-order valence-corrected chi connectivity index (χ0v) is 21.8. The summed E-state index contributed by atoms with van der Waals surface area (Å²) in [5.74, 6) is -1.38. The molecule has 2 N–H and O–H groups in total. The molecule has 7 heteroatoms. The SMILES string of the molecule is O=C(CCCCC[C@H](NC(=O)OCC1c2ccccc2-c2ccccc21)C(=O)O)OC1CC/C=C/CCC1. The second-order valence-electron chi connectivity index (χ2n) is 10.1. The minimum atomic E-state index is -1.10. The number of unbranched alkanes of at least 4 members (excludes halogenated alkanes) is 2. The molecule has 0 saturated carbocycles. The largest absolute Gasteiger partial charge is 0.480 e. The highest BCUT2D eigenvalue weighted by Gasteiger charge is 2.29. The molecule has 2 aromatic carbocycles. The van der Waals surface area contributed by atoms with Gasteiger partial charge in [0.25, 0.3) is 0 Å². The Morgan fingerprint density at radius 3 is 2.29 bits per heavy atom. The first-order chi connectivity index (χ1) is 18.5. The summed E-state index contributed by atoms with van der Waals surface area (Å²) >= 11 is 0. The van der Waals surface area contributed by atoms with Gasteiger partial charge in [-0.15, -0.1) is 0 Å². The van der Waals surface area contributed by atoms with Crippen molar-refractivity contribution in [1.82, 2.24) is 5.32 Å². The third-order valence-electron chi connectivity index (χ3n) is 7.32. The second-order valence-corrected chi connectivity index (χ2v) is 10.1. The van der Waals surface area contributed by atoms with Gasteiger partial charge in [-0.3, -0.25) is 4.79 Å². The molecule has 202 valence electrons. The van der Waals surface area contributed by atoms with Crippen LogP contribution >= 0.6 is 0 Å². The monoisotopic (exact) mass is 519 g/mol. The summed E-state index contributed by atoms with van der Waals surface area (Å²) in [7, 11) is 0. The van der Waals surface area contributed by atoms with Crippen LogP contribution in [0.1, 0.15) is 81.3 Å². The fraction of sp³-hybridized carbons (Fsp3) is 0.452. The van der Waals surface area contributed by atoms with E-state index < -0.39 is 18.1 Å². The Hall–Kier alpha value is -3.61. The van der Waals surface area contributed by atoms with E-state index in [-0.39, 0.29) is 31.0 Å². The van der Waals surface area contributed by atoms with Crippen LogP contribution in [0.5, 0.6) is 0 Å². The predicted molar refractivity (Wildman–Crippen MR) is 145 cm³/mol. The Morgan fingerprint density at radius 2 is 1.58 bits per heavy atom. The van der Waals surface area contributed by atoms with E-state index in [1.165, 1.54) is 0 Å². The van der Waals surface area contributed by atoms with Gasteiger partial charge in [0.05, 0.1) is 0 Å². The molecule has 1 unspecified atom stereocenters. The van der Waals surface area contributed by atoms with E-state index in [2.05, 4.69) is 29.6 Å². The highest BCUT2D eigenvalue weighted by Crippen LogP contribution is 2.44. The van der Waals surface area contributed by atoms with Crippen LogP contribution in [0.4, 0.5) is 4.79 Å². The summed E-state index contributed by atoms with van der Waals surface area (Å²) in [6, 6.07) is 15.1. The van der Waals surface area contributed by atoms with Gasteiger partial charge in [0.1, 0.15) is 18.8 Å². The van der Waals surface area contributed by atoms with Crippen molar-refractivity contribution in [1.29, 1.82) is 0 Å². The number of esters is 1. The molecule has 2 aliphatic rings. The number of fused-ring (bicyclic) bond motifs is 3. The molecule has 2 aromatic rings. The van der Waals surface area contributed by atoms with Gasteiger partial charge in [0, 0.05) is 12.3 Å². The van der Waals surface area contributed by atoms with Crippen molar-refractivity contribution in [3.8, 4) is 11.1 Å². The molecule has 0 fully saturated rings. The van der Waals surface area contributed by atoms with Gasteiger partial charge in [-0.2, -0.15) is 0 Å². The topological polar surface area (TPSA) is 102 Å². The number of ether oxygens (including phenoxy) is 2. The molecule has 0 aromatic heterocycles. The first-order valence-electron chi connectivity index (χ1n) is 13.7. The number of alkyl carbamates (subject to hydrolysis) is 1. The third-order valence-corrected chi connectivity index (χ3v) is 7.32. The summed E-state index contributed by atoms with van der Waals surface area (Å²) in [6.07, 6.45) is 10.8. The zero-order valence-electron chi connectivity index (χ0n) is 21.8. The molecular formula is C31H37NO6. The number of carbonyl (C=O) groups is 3. The number of aliphatic carboxylic acids is 1. The molecule has 0 heterocycles. The average molecular weight is 520 g/mol. The fourth-order valence-electron chi connectivity index (χ4n) is 5.32. The zero-order chi connectivity index (χ0) is 26.7. The van der Waals surface area contributed by atoms with Gasteiger partial charge in [-0.05, 0) is 67.2 Å². The third kappa shape index (κ3) is 7.46. The second kappa shape index (κ2) is 13.8. The molecule has 0 spiro atoms. The molecular weight excluding hydrogens is 482 g/mol. The van der Waals surface area contributed by atoms with Crippen LogP contribution in [0.25, 0.3) is 11.1 Å². The number of nitrogens with one attached hydrogen (secondary N) is 1. The van der Waals surface area contributed by atoms with Crippen LogP contribution in [-0.2, 0) is 19.1 Å². The van der Waals surface area contributed by atoms with Crippen molar-refractivity contribution in [2.45, 2.75) is 82.3 Å². The summed E-state index contributed by atoms with van der Waals surface area (Å²) < 4.78 is 11.1. The fourth-order valence-corrected chi connectivity index (χ4v) is 5.32. The quantitative estimate of drug-likeness (QED) is 0.203. The Morgan fingerprint density at radius 1 is 0.895 bits per heavy atom. The van der Waals surface area contributed by atoms with E-state index >= 15 is 0 Å². The standard InChI is InChI=1S/C31H37NO6/c33-29(38-22-13-5-2-1-3-6-14-22)20-8-4-7-19-28(30(34)35)32-31(36)37-21-27-25-17-11-9-15-23(25)24-16-10-12-18-26(24)27/h1-2,9-12,15-18,22,27-28H,3-8,13-14,19-21H2,(H,32,36)(H,34,35)/b2-1+/t22?,28-/m0/s1. The van der Waals surface area contributed by atoms with Crippen LogP contribution in [-0.4, -0.2) is 41.9 Å². The predicted octanol–water partition coefficient (Wildman–Crippen LogP) is 6.36. The maximum atomic E-state index is 12.5. The molecule has 0 radical (unpaired) electrons. The maximum Gasteiger partial charge on any atom is 0.407 e. The van der Waals surface area contributed by atoms with Gasteiger partial charge in [0.15, 0.2) is 0 Å². The van der Waals surface area contributed by atoms with E-state index in [0.717, 1.165) is 54.4 Å². The highest BCUT2D eigenvalue weighted by molar-refractivity contribution is 5.81. The smallest absolute Gasteiger partial charge is 0.407 e. The van der Waals surface area contributed by atoms with Gasteiger partial charge in [0.2, 0.25) is 0 Å². The number of hydrogen-bond donors (Lipinski definition) is 2. The van der Waals surface area contributed by atoms with Crippen LogP contribution in [0.2, 0.25) is 0 Å². The molecule has 0 bridgehead atoms. The van der Waals surface area contributed by atoms with Gasteiger partial charge >= 0.3 is 18.0 Å². The van der Waals surface area contributed by atoms with Crippen molar-refractivity contribution in [3.05, 3.63) is 71.8 Å². The Bertz CT molecular complexity index is 1100. The molecule has 0 aliphatic heterocycles. The maximum absolute atomic E-state index is 12.5. The number of allylic oxidation sites excluding steroid dienone is 2. The molecule has 4 rings (SSSR count). The van der Waals surface area contributed by atoms with Crippen LogP contribution in [0.15, 0.2) is 60.7 Å². The number of hydrogen-bond acceptors (Lipinski definition) is 5. The lowest BCUT2D eigenvalue weighted by molar-refractivity contribution is -0.150. The number of amides is 1. The molecule has 2 aliphatic carbocycles. The summed E-state index contributed by atoms with van der Waals surface area (Å²) in [6.45, 7) is 0.131. The summed E-state index contributed by atoms with van der Waals surface area (Å²) in [5, 5.41) is 12.1. The average Bonchev–Trinajstić information content (AvgIpc) is 3.21. The Labute approximate surface area is 224 Å². The number of carboxylic acid groups (broad SMARTS) is 1. The van der Waals surface area contributed by atoms with Crippen molar-refractivity contribution in [3.63, 3.8) is 0 Å². The normalized spacial score (nSPS) is 18.3. The lowest BCUT2D eigenvalue weighted by atomic mass is 9.98. The summed E-state index contributed by atoms with van der Waals surface area (Å²) in [5.41, 5.74) is 4.46. The van der Waals surface area contributed by atoms with Crippen molar-refractivity contribution < 1.29 is 29.0 Å². The lowest BCUT2D eigenvalue weighted by Crippen LogP contribution is -2.41. The first kappa shape index (κ1) is 27.4. The molecule has 38 heavy (non-hydrogen) atoms. The van der Waals surface area contributed by atoms with E-state index in [9.17, 15) is 19.5 Å². The molecule has 2 atom stereocenters. The van der Waals surface area contributed by atoms with E-state index in [0.29, 0.717) is 25.7 Å². The minimum Gasteiger partial charge on any atom is -0.480 e. The molecule has 7 nitrogen and oxygen atoms in total. The van der Waals surface area contributed by atoms with Gasteiger partial charge in [-0.25, -0.2) is 9.59 Å². The molecule has 0 saturated heterocycles. The van der Waals surface area contributed by atoms with Gasteiger partial charge in [-0.1, -0.05) is 73.5 Å². The number of carboxylic acids is 1. The van der Waals surface area contributed by atoms with Crippen molar-refractivity contribution in [2.75, 3.05) is 6.61 Å². The van der Waals surface area contributed by atoms with Gasteiger partial charge < -0.3 is 19.9 Å². The minimum absolute atomic E-state index is 0.00903. The number of benzene rings is 2. The van der Waals surface area contributed by atoms with Crippen molar-refractivity contribution >= 4 is 18.0 Å². The van der Waals surface area contributed by atoms with Crippen LogP contribution < -0.4 is 5.32 Å². The Balaban J connectivity index is 1.17. The summed E-state index contributed by atoms with van der Waals surface area (Å²) in [4.78, 5) is 36.4. The van der Waals surface area contributed by atoms with Crippen LogP contribution in [0, 0.1) is 0 Å². The highest BCUT2D eigenvalue weighted by atomic mass is 16.6. The lowest BCUT2D eigenvalue weighted by Gasteiger charge is -2.18. The van der Waals surface area contributed by atoms with E-state index in [1.807, 2.05) is 36.4 Å². The van der Waals surface area contributed by atoms with E-state index in [1.54, 1.807) is 0 Å². The Kier molecular flexibility index (Phi) is 9.96. The molecule has 1 amide bonds. The number of carbonyl (C=O) groups excluding carboxylic acids is 2. The number of rotatable bonds is 11. The van der Waals surface area contributed by atoms with Crippen molar-refractivity contribution in [2.24, 2.45) is 0 Å².